The highest BCUT2D eigenvalue weighted by molar-refractivity contribution is 7.47. The molecular weight excluding hydrogens is 762 g/mol. The Morgan fingerprint density at radius 3 is 1.51 bits per heavy atom. The van der Waals surface area contributed by atoms with Crippen molar-refractivity contribution in [3.63, 3.8) is 0 Å². The molecule has 0 aromatic rings. The van der Waals surface area contributed by atoms with Crippen LogP contribution in [0.25, 0.3) is 0 Å². The van der Waals surface area contributed by atoms with Gasteiger partial charge in [0.05, 0.1) is 27.7 Å². The molecule has 2 atom stereocenters. The number of carbonyl (C=O) groups is 2. The molecule has 0 aliphatic carbocycles. The number of carbonyl (C=O) groups excluding carboxylic acids is 2. The first-order valence-electron chi connectivity index (χ1n) is 22.5. The molecule has 0 aromatic heterocycles. The normalized spacial score (nSPS) is 14.5. The van der Waals surface area contributed by atoms with Crippen molar-refractivity contribution in [2.24, 2.45) is 0 Å². The van der Waals surface area contributed by atoms with Gasteiger partial charge in [-0.25, -0.2) is 4.57 Å². The molecule has 2 unspecified atom stereocenters. The topological polar surface area (TPSA) is 108 Å². The Labute approximate surface area is 360 Å². The highest BCUT2D eigenvalue weighted by Gasteiger charge is 2.27. The van der Waals surface area contributed by atoms with Crippen LogP contribution in [-0.4, -0.2) is 74.9 Å². The Morgan fingerprint density at radius 1 is 0.542 bits per heavy atom. The molecule has 0 radical (unpaired) electrons. The van der Waals surface area contributed by atoms with Crippen molar-refractivity contribution < 1.29 is 42.1 Å². The van der Waals surface area contributed by atoms with E-state index >= 15 is 0 Å². The summed E-state index contributed by atoms with van der Waals surface area (Å²) in [5.74, 6) is -0.890. The second-order valence-electron chi connectivity index (χ2n) is 15.7. The zero-order valence-electron chi connectivity index (χ0n) is 37.7. The van der Waals surface area contributed by atoms with E-state index in [1.165, 1.54) is 19.3 Å². The average molecular weight is 845 g/mol. The Kier molecular flexibility index (Phi) is 38.2. The van der Waals surface area contributed by atoms with Gasteiger partial charge < -0.3 is 18.9 Å². The van der Waals surface area contributed by atoms with Crippen LogP contribution in [0.15, 0.2) is 97.2 Å². The monoisotopic (exact) mass is 845 g/mol. The summed E-state index contributed by atoms with van der Waals surface area (Å²) in [6.45, 7) is 4.18. The van der Waals surface area contributed by atoms with Crippen LogP contribution in [0.1, 0.15) is 149 Å². The third kappa shape index (κ3) is 44.3. The molecule has 0 aliphatic heterocycles. The number of unbranched alkanes of at least 4 members (excludes halogenated alkanes) is 9. The van der Waals surface area contributed by atoms with Crippen molar-refractivity contribution in [1.29, 1.82) is 0 Å². The highest BCUT2D eigenvalue weighted by Crippen LogP contribution is 2.43. The number of likely N-dealkylation sites (N-methyl/N-ethyl adjacent to an activating group) is 1. The number of phosphoric acid groups is 1. The van der Waals surface area contributed by atoms with E-state index in [0.717, 1.165) is 83.5 Å². The van der Waals surface area contributed by atoms with E-state index in [9.17, 15) is 19.0 Å². The average Bonchev–Trinajstić information content (AvgIpc) is 3.19. The standard InChI is InChI=1S/C49H82NO8P/c1-6-8-10-12-14-16-18-20-21-22-23-24-25-26-27-28-29-30-32-34-36-38-40-42-49(52)58-47(46-57-59(53,54)56-44-43-50(3,4)5)45-55-48(51)41-39-37-35-33-31-19-17-15-13-11-9-7-2/h8,10,14-17,20-21,23-24,26-27,29-30,34,36,47H,6-7,9,11-13,18-19,22,25,28,31-33,35,37-46H2,1-5H3/p+1/b10-8-,16-14-,17-15-,21-20-,24-23-,27-26-,30-29-,36-34-. The molecule has 9 nitrogen and oxygen atoms in total. The molecule has 0 heterocycles. The minimum Gasteiger partial charge on any atom is -0.462 e. The van der Waals surface area contributed by atoms with E-state index in [-0.39, 0.29) is 26.1 Å². The summed E-state index contributed by atoms with van der Waals surface area (Å²) >= 11 is 0. The van der Waals surface area contributed by atoms with Crippen LogP contribution < -0.4 is 0 Å². The van der Waals surface area contributed by atoms with E-state index in [2.05, 4.69) is 105 Å². The molecule has 0 spiro atoms. The fourth-order valence-electron chi connectivity index (χ4n) is 5.35. The third-order valence-corrected chi connectivity index (χ3v) is 9.83. The van der Waals surface area contributed by atoms with Gasteiger partial charge in [0.15, 0.2) is 6.10 Å². The highest BCUT2D eigenvalue weighted by atomic mass is 31.2. The molecule has 0 aliphatic rings. The van der Waals surface area contributed by atoms with Crippen LogP contribution in [0.5, 0.6) is 0 Å². The van der Waals surface area contributed by atoms with Gasteiger partial charge in [-0.2, -0.15) is 0 Å². The lowest BCUT2D eigenvalue weighted by molar-refractivity contribution is -0.870. The number of allylic oxidation sites excluding steroid dienone is 16. The molecule has 0 bridgehead atoms. The molecule has 1 N–H and O–H groups in total. The summed E-state index contributed by atoms with van der Waals surface area (Å²) in [5.41, 5.74) is 0. The third-order valence-electron chi connectivity index (χ3n) is 8.85. The Hall–Kier alpha value is -3.07. The second-order valence-corrected chi connectivity index (χ2v) is 17.1. The van der Waals surface area contributed by atoms with Gasteiger partial charge in [-0.15, -0.1) is 0 Å². The lowest BCUT2D eigenvalue weighted by Crippen LogP contribution is -2.37. The Morgan fingerprint density at radius 2 is 0.983 bits per heavy atom. The number of ether oxygens (including phenoxy) is 2. The summed E-state index contributed by atoms with van der Waals surface area (Å²) in [4.78, 5) is 35.3. The SMILES string of the molecule is CC/C=C\C/C=C\C/C=C\C/C=C\C/C=C\C/C=C\C/C=C\CCCC(=O)OC(COC(=O)CCCCCCC/C=C\CCCCC)COP(=O)(O)OCC[N+](C)(C)C. The lowest BCUT2D eigenvalue weighted by Gasteiger charge is -2.24. The zero-order chi connectivity index (χ0) is 43.6. The molecule has 0 rings (SSSR count). The number of phosphoric ester groups is 1. The van der Waals surface area contributed by atoms with Crippen molar-refractivity contribution >= 4 is 19.8 Å². The van der Waals surface area contributed by atoms with Gasteiger partial charge in [-0.3, -0.25) is 18.6 Å². The van der Waals surface area contributed by atoms with Crippen molar-refractivity contribution in [2.45, 2.75) is 155 Å². The van der Waals surface area contributed by atoms with Crippen LogP contribution in [0, 0.1) is 0 Å². The van der Waals surface area contributed by atoms with Gasteiger partial charge in [0, 0.05) is 12.8 Å². The quantitative estimate of drug-likeness (QED) is 0.0214. The van der Waals surface area contributed by atoms with E-state index in [1.54, 1.807) is 0 Å². The molecule has 336 valence electrons. The van der Waals surface area contributed by atoms with E-state index in [1.807, 2.05) is 27.2 Å². The van der Waals surface area contributed by atoms with Gasteiger partial charge in [-0.05, 0) is 89.9 Å². The van der Waals surface area contributed by atoms with Gasteiger partial charge in [-0.1, -0.05) is 143 Å². The minimum atomic E-state index is -4.40. The first-order valence-corrected chi connectivity index (χ1v) is 24.0. The van der Waals surface area contributed by atoms with Crippen LogP contribution in [0.2, 0.25) is 0 Å². The van der Waals surface area contributed by atoms with Gasteiger partial charge in [0.1, 0.15) is 19.8 Å². The largest absolute Gasteiger partial charge is 0.472 e. The smallest absolute Gasteiger partial charge is 0.462 e. The summed E-state index contributed by atoms with van der Waals surface area (Å²) in [6.07, 6.45) is 53.2. The number of nitrogens with zero attached hydrogens (tertiary/aromatic N) is 1. The summed E-state index contributed by atoms with van der Waals surface area (Å²) in [7, 11) is 1.42. The van der Waals surface area contributed by atoms with Crippen LogP contribution in [0.4, 0.5) is 0 Å². The second kappa shape index (κ2) is 40.3. The van der Waals surface area contributed by atoms with Gasteiger partial charge in [0.25, 0.3) is 0 Å². The predicted octanol–water partition coefficient (Wildman–Crippen LogP) is 13.0. The lowest BCUT2D eigenvalue weighted by atomic mass is 10.1. The zero-order valence-corrected chi connectivity index (χ0v) is 38.6. The van der Waals surface area contributed by atoms with Crippen molar-refractivity contribution in [1.82, 2.24) is 0 Å². The maximum atomic E-state index is 12.7. The van der Waals surface area contributed by atoms with Crippen LogP contribution in [-0.2, 0) is 32.7 Å². The number of quaternary nitrogens is 1. The summed E-state index contributed by atoms with van der Waals surface area (Å²) in [6, 6.07) is 0. The maximum Gasteiger partial charge on any atom is 0.472 e. The molecule has 0 saturated carbocycles. The van der Waals surface area contributed by atoms with Gasteiger partial charge in [0.2, 0.25) is 0 Å². The molecule has 0 saturated heterocycles. The van der Waals surface area contributed by atoms with E-state index in [0.29, 0.717) is 30.3 Å². The fourth-order valence-corrected chi connectivity index (χ4v) is 6.09. The molecule has 59 heavy (non-hydrogen) atoms. The molecule has 0 amide bonds. The maximum absolute atomic E-state index is 12.7. The molecule has 10 heteroatoms. The Balaban J connectivity index is 4.47. The first-order chi connectivity index (χ1) is 28.5. The fraction of sp³-hybridized carbons (Fsp3) is 0.633. The molecule has 0 aromatic carbocycles. The number of rotatable bonds is 39. The molecular formula is C49H83NO8P+. The van der Waals surface area contributed by atoms with Crippen LogP contribution in [0.3, 0.4) is 0 Å². The molecule has 0 fully saturated rings. The van der Waals surface area contributed by atoms with Crippen LogP contribution >= 0.6 is 7.82 Å². The summed E-state index contributed by atoms with van der Waals surface area (Å²) in [5, 5.41) is 0. The van der Waals surface area contributed by atoms with Crippen molar-refractivity contribution in [3.8, 4) is 0 Å². The Bertz CT molecular complexity index is 1320. The van der Waals surface area contributed by atoms with Gasteiger partial charge >= 0.3 is 19.8 Å². The predicted molar refractivity (Wildman–Crippen MR) is 247 cm³/mol. The minimum absolute atomic E-state index is 0.0140. The number of hydrogen-bond donors (Lipinski definition) is 1. The first kappa shape index (κ1) is 55.9. The van der Waals surface area contributed by atoms with E-state index in [4.69, 9.17) is 18.5 Å². The van der Waals surface area contributed by atoms with Crippen molar-refractivity contribution in [3.05, 3.63) is 97.2 Å². The summed E-state index contributed by atoms with van der Waals surface area (Å²) < 4.78 is 34.2. The van der Waals surface area contributed by atoms with E-state index < -0.39 is 32.5 Å². The number of esters is 2. The number of hydrogen-bond acceptors (Lipinski definition) is 7. The van der Waals surface area contributed by atoms with Crippen molar-refractivity contribution in [2.75, 3.05) is 47.5 Å².